The van der Waals surface area contributed by atoms with Gasteiger partial charge in [-0.3, -0.25) is 4.68 Å². The molecule has 2 N–H and O–H groups in total. The van der Waals surface area contributed by atoms with E-state index >= 15 is 0 Å². The number of imidazole rings is 1. The Morgan fingerprint density at radius 1 is 1.40 bits per heavy atom. The van der Waals surface area contributed by atoms with Crippen LogP contribution in [0, 0.1) is 18.3 Å². The van der Waals surface area contributed by atoms with E-state index in [9.17, 15) is 0 Å². The van der Waals surface area contributed by atoms with Crippen molar-refractivity contribution in [1.29, 1.82) is 5.26 Å². The lowest BCUT2D eigenvalue weighted by Crippen LogP contribution is -2.04. The van der Waals surface area contributed by atoms with Gasteiger partial charge in [0.25, 0.3) is 0 Å². The Bertz CT molecular complexity index is 833. The summed E-state index contributed by atoms with van der Waals surface area (Å²) in [7, 11) is 1.89. The average molecular weight is 266 g/mol. The molecule has 6 nitrogen and oxygen atoms in total. The van der Waals surface area contributed by atoms with Crippen LogP contribution in [-0.4, -0.2) is 19.3 Å². The number of nitriles is 1. The van der Waals surface area contributed by atoms with Crippen LogP contribution in [0.4, 0.5) is 5.95 Å². The number of nitrogen functional groups attached to an aromatic ring is 1. The van der Waals surface area contributed by atoms with Crippen molar-refractivity contribution >= 4 is 17.0 Å². The van der Waals surface area contributed by atoms with Gasteiger partial charge in [-0.1, -0.05) is 6.07 Å². The van der Waals surface area contributed by atoms with Gasteiger partial charge in [-0.25, -0.2) is 4.98 Å². The molecule has 3 rings (SSSR count). The van der Waals surface area contributed by atoms with Crippen molar-refractivity contribution < 1.29 is 0 Å². The van der Waals surface area contributed by atoms with Gasteiger partial charge in [-0.05, 0) is 19.1 Å². The maximum Gasteiger partial charge on any atom is 0.201 e. The van der Waals surface area contributed by atoms with Crippen molar-refractivity contribution in [2.75, 3.05) is 5.73 Å². The van der Waals surface area contributed by atoms with Crippen LogP contribution in [0.15, 0.2) is 24.4 Å². The van der Waals surface area contributed by atoms with Gasteiger partial charge in [0.15, 0.2) is 0 Å². The lowest BCUT2D eigenvalue weighted by Gasteiger charge is -2.05. The first-order chi connectivity index (χ1) is 9.60. The molecule has 0 aliphatic carbocycles. The van der Waals surface area contributed by atoms with Crippen LogP contribution in [0.1, 0.15) is 16.8 Å². The molecule has 0 bridgehead atoms. The van der Waals surface area contributed by atoms with E-state index in [-0.39, 0.29) is 0 Å². The fourth-order valence-electron chi connectivity index (χ4n) is 2.40. The molecule has 0 saturated carbocycles. The predicted molar refractivity (Wildman–Crippen MR) is 75.9 cm³/mol. The smallest absolute Gasteiger partial charge is 0.201 e. The van der Waals surface area contributed by atoms with Gasteiger partial charge in [-0.15, -0.1) is 0 Å². The van der Waals surface area contributed by atoms with Crippen LogP contribution in [-0.2, 0) is 13.6 Å². The summed E-state index contributed by atoms with van der Waals surface area (Å²) in [6.07, 6.45) is 1.97. The summed E-state index contributed by atoms with van der Waals surface area (Å²) in [5.74, 6) is 0.408. The number of para-hydroxylation sites is 1. The number of hydrogen-bond acceptors (Lipinski definition) is 4. The first-order valence-corrected chi connectivity index (χ1v) is 6.24. The summed E-state index contributed by atoms with van der Waals surface area (Å²) in [5, 5.41) is 13.4. The zero-order chi connectivity index (χ0) is 14.3. The van der Waals surface area contributed by atoms with E-state index in [4.69, 9.17) is 11.0 Å². The van der Waals surface area contributed by atoms with E-state index in [1.165, 1.54) is 0 Å². The SMILES string of the molecule is Cc1nn(C)cc1Cn1c(N)nc2c(C#N)cccc21. The first-order valence-electron chi connectivity index (χ1n) is 6.24. The van der Waals surface area contributed by atoms with Gasteiger partial charge < -0.3 is 10.3 Å². The Kier molecular flexibility index (Phi) is 2.68. The van der Waals surface area contributed by atoms with E-state index in [0.717, 1.165) is 16.8 Å². The fourth-order valence-corrected chi connectivity index (χ4v) is 2.40. The monoisotopic (exact) mass is 266 g/mol. The summed E-state index contributed by atoms with van der Waals surface area (Å²) in [6, 6.07) is 7.65. The molecule has 2 aromatic heterocycles. The van der Waals surface area contributed by atoms with Crippen molar-refractivity contribution in [2.45, 2.75) is 13.5 Å². The molecule has 0 unspecified atom stereocenters. The average Bonchev–Trinajstić information content (AvgIpc) is 2.90. The van der Waals surface area contributed by atoms with Crippen LogP contribution < -0.4 is 5.73 Å². The van der Waals surface area contributed by atoms with Crippen LogP contribution in [0.5, 0.6) is 0 Å². The quantitative estimate of drug-likeness (QED) is 0.763. The summed E-state index contributed by atoms with van der Waals surface area (Å²) in [6.45, 7) is 2.56. The van der Waals surface area contributed by atoms with Gasteiger partial charge in [-0.2, -0.15) is 10.4 Å². The summed E-state index contributed by atoms with van der Waals surface area (Å²) >= 11 is 0. The second-order valence-electron chi connectivity index (χ2n) is 4.75. The molecule has 0 atom stereocenters. The number of nitrogens with two attached hydrogens (primary N) is 1. The molecule has 0 fully saturated rings. The highest BCUT2D eigenvalue weighted by atomic mass is 15.3. The van der Waals surface area contributed by atoms with E-state index in [2.05, 4.69) is 16.2 Å². The summed E-state index contributed by atoms with van der Waals surface area (Å²) < 4.78 is 3.68. The fraction of sp³-hybridized carbons (Fsp3) is 0.214. The van der Waals surface area contributed by atoms with E-state index in [1.807, 2.05) is 36.9 Å². The number of anilines is 1. The Morgan fingerprint density at radius 3 is 2.85 bits per heavy atom. The molecule has 0 saturated heterocycles. The minimum atomic E-state index is 0.408. The third-order valence-electron chi connectivity index (χ3n) is 3.37. The lowest BCUT2D eigenvalue weighted by molar-refractivity contribution is 0.756. The van der Waals surface area contributed by atoms with Crippen LogP contribution >= 0.6 is 0 Å². The van der Waals surface area contributed by atoms with Crippen molar-refractivity contribution in [2.24, 2.45) is 7.05 Å². The molecule has 0 amide bonds. The summed E-state index contributed by atoms with van der Waals surface area (Å²) in [5.41, 5.74) is 10.1. The Hall–Kier alpha value is -2.81. The molecular formula is C14H14N6. The highest BCUT2D eigenvalue weighted by molar-refractivity contribution is 5.84. The van der Waals surface area contributed by atoms with Crippen molar-refractivity contribution in [3.63, 3.8) is 0 Å². The number of rotatable bonds is 2. The molecule has 0 radical (unpaired) electrons. The first kappa shape index (κ1) is 12.2. The normalized spacial score (nSPS) is 10.8. The number of hydrogen-bond donors (Lipinski definition) is 1. The standard InChI is InChI=1S/C14H14N6/c1-9-11(7-19(2)18-9)8-20-12-5-3-4-10(6-15)13(12)17-14(20)16/h3-5,7H,8H2,1-2H3,(H2,16,17). The Morgan fingerprint density at radius 2 is 2.20 bits per heavy atom. The Balaban J connectivity index is 2.15. The van der Waals surface area contributed by atoms with Gasteiger partial charge in [0.1, 0.15) is 11.6 Å². The maximum atomic E-state index is 9.12. The number of benzene rings is 1. The maximum absolute atomic E-state index is 9.12. The lowest BCUT2D eigenvalue weighted by atomic mass is 10.2. The van der Waals surface area contributed by atoms with E-state index < -0.39 is 0 Å². The molecule has 6 heteroatoms. The van der Waals surface area contributed by atoms with Gasteiger partial charge in [0.2, 0.25) is 5.95 Å². The van der Waals surface area contributed by atoms with E-state index in [1.54, 1.807) is 10.7 Å². The highest BCUT2D eigenvalue weighted by Gasteiger charge is 2.13. The second-order valence-corrected chi connectivity index (χ2v) is 4.75. The molecule has 2 heterocycles. The molecule has 0 spiro atoms. The molecule has 100 valence electrons. The molecule has 20 heavy (non-hydrogen) atoms. The van der Waals surface area contributed by atoms with Crippen molar-refractivity contribution in [1.82, 2.24) is 19.3 Å². The summed E-state index contributed by atoms with van der Waals surface area (Å²) in [4.78, 5) is 4.31. The number of fused-ring (bicyclic) bond motifs is 1. The Labute approximate surface area is 116 Å². The number of aryl methyl sites for hydroxylation is 2. The molecular weight excluding hydrogens is 252 g/mol. The molecule has 0 aliphatic heterocycles. The van der Waals surface area contributed by atoms with Gasteiger partial charge in [0, 0.05) is 18.8 Å². The molecule has 3 aromatic rings. The number of nitrogens with zero attached hydrogens (tertiary/aromatic N) is 5. The van der Waals surface area contributed by atoms with Gasteiger partial charge in [0.05, 0.1) is 23.3 Å². The largest absolute Gasteiger partial charge is 0.369 e. The zero-order valence-electron chi connectivity index (χ0n) is 11.3. The third-order valence-corrected chi connectivity index (χ3v) is 3.37. The molecule has 0 aliphatic rings. The van der Waals surface area contributed by atoms with Crippen LogP contribution in [0.2, 0.25) is 0 Å². The van der Waals surface area contributed by atoms with E-state index in [0.29, 0.717) is 23.6 Å². The minimum absolute atomic E-state index is 0.408. The third kappa shape index (κ3) is 1.80. The van der Waals surface area contributed by atoms with Crippen LogP contribution in [0.3, 0.4) is 0 Å². The minimum Gasteiger partial charge on any atom is -0.369 e. The molecule has 1 aromatic carbocycles. The topological polar surface area (TPSA) is 85.4 Å². The van der Waals surface area contributed by atoms with Crippen LogP contribution in [0.25, 0.3) is 11.0 Å². The van der Waals surface area contributed by atoms with Crippen molar-refractivity contribution in [3.05, 3.63) is 41.2 Å². The second kappa shape index (κ2) is 4.38. The van der Waals surface area contributed by atoms with Crippen molar-refractivity contribution in [3.8, 4) is 6.07 Å². The zero-order valence-corrected chi connectivity index (χ0v) is 11.3. The number of aromatic nitrogens is 4. The predicted octanol–water partition coefficient (Wildman–Crippen LogP) is 1.58. The highest BCUT2D eigenvalue weighted by Crippen LogP contribution is 2.22. The van der Waals surface area contributed by atoms with Gasteiger partial charge >= 0.3 is 0 Å².